The first-order chi connectivity index (χ1) is 7.78. The maximum Gasteiger partial charge on any atom is 0.0460 e. The molecule has 0 aliphatic carbocycles. The van der Waals surface area contributed by atoms with Gasteiger partial charge in [0.2, 0.25) is 0 Å². The highest BCUT2D eigenvalue weighted by Crippen LogP contribution is 2.19. The van der Waals surface area contributed by atoms with Gasteiger partial charge in [0.1, 0.15) is 0 Å². The second-order valence-corrected chi connectivity index (χ2v) is 4.96. The molecule has 0 amide bonds. The molecular weight excluding hydrogens is 222 g/mol. The molecule has 1 aliphatic heterocycles. The third-order valence-electron chi connectivity index (χ3n) is 3.28. The summed E-state index contributed by atoms with van der Waals surface area (Å²) < 4.78 is 0. The van der Waals surface area contributed by atoms with Gasteiger partial charge in [0.25, 0.3) is 0 Å². The lowest BCUT2D eigenvalue weighted by Crippen LogP contribution is -2.34. The number of nitrogens with zero attached hydrogens (tertiary/aromatic N) is 1. The Hall–Kier alpha value is -0.570. The van der Waals surface area contributed by atoms with Crippen molar-refractivity contribution in [3.05, 3.63) is 34.9 Å². The van der Waals surface area contributed by atoms with Gasteiger partial charge in [-0.2, -0.15) is 0 Å². The first-order valence-corrected chi connectivity index (χ1v) is 6.23. The van der Waals surface area contributed by atoms with Crippen LogP contribution in [-0.4, -0.2) is 29.7 Å². The van der Waals surface area contributed by atoms with Gasteiger partial charge in [-0.15, -0.1) is 0 Å². The lowest BCUT2D eigenvalue weighted by molar-refractivity contribution is 0.127. The Morgan fingerprint density at radius 1 is 1.19 bits per heavy atom. The summed E-state index contributed by atoms with van der Waals surface area (Å²) in [7, 11) is 0. The normalized spacial score (nSPS) is 18.9. The molecular formula is C13H18ClNO. The summed E-state index contributed by atoms with van der Waals surface area (Å²) >= 11 is 5.85. The fourth-order valence-corrected chi connectivity index (χ4v) is 2.30. The van der Waals surface area contributed by atoms with Crippen LogP contribution >= 0.6 is 11.6 Å². The molecule has 1 N–H and O–H groups in total. The van der Waals surface area contributed by atoms with Gasteiger partial charge in [0.05, 0.1) is 0 Å². The van der Waals surface area contributed by atoms with E-state index in [-0.39, 0.29) is 0 Å². The number of likely N-dealkylation sites (tertiary alicyclic amines) is 1. The molecule has 2 nitrogen and oxygen atoms in total. The maximum atomic E-state index is 9.06. The van der Waals surface area contributed by atoms with Crippen molar-refractivity contribution in [2.75, 3.05) is 19.7 Å². The van der Waals surface area contributed by atoms with Crippen LogP contribution in [0.2, 0.25) is 5.02 Å². The molecule has 0 spiro atoms. The van der Waals surface area contributed by atoms with E-state index in [0.29, 0.717) is 12.5 Å². The third kappa shape index (κ3) is 3.21. The van der Waals surface area contributed by atoms with E-state index in [1.54, 1.807) is 0 Å². The molecule has 0 unspecified atom stereocenters. The minimum atomic E-state index is 0.342. The first-order valence-electron chi connectivity index (χ1n) is 5.85. The number of halogens is 1. The number of hydrogen-bond acceptors (Lipinski definition) is 2. The fourth-order valence-electron chi connectivity index (χ4n) is 2.18. The zero-order chi connectivity index (χ0) is 11.4. The van der Waals surface area contributed by atoms with Crippen LogP contribution in [0.3, 0.4) is 0 Å². The maximum absolute atomic E-state index is 9.06. The Labute approximate surface area is 102 Å². The van der Waals surface area contributed by atoms with Crippen LogP contribution in [0.1, 0.15) is 18.4 Å². The zero-order valence-corrected chi connectivity index (χ0v) is 10.2. The number of aliphatic hydroxyl groups is 1. The summed E-state index contributed by atoms with van der Waals surface area (Å²) in [5.41, 5.74) is 1.31. The van der Waals surface area contributed by atoms with Crippen molar-refractivity contribution in [2.24, 2.45) is 5.92 Å². The van der Waals surface area contributed by atoms with E-state index in [4.69, 9.17) is 16.7 Å². The molecule has 0 saturated carbocycles. The van der Waals surface area contributed by atoms with Crippen molar-refractivity contribution in [3.8, 4) is 0 Å². The van der Waals surface area contributed by atoms with E-state index in [0.717, 1.165) is 37.5 Å². The minimum Gasteiger partial charge on any atom is -0.396 e. The molecule has 2 rings (SSSR count). The van der Waals surface area contributed by atoms with E-state index in [1.807, 2.05) is 12.1 Å². The van der Waals surface area contributed by atoms with Crippen molar-refractivity contribution in [2.45, 2.75) is 19.4 Å². The summed E-state index contributed by atoms with van der Waals surface area (Å²) in [6, 6.07) is 8.05. The number of aliphatic hydroxyl groups excluding tert-OH is 1. The van der Waals surface area contributed by atoms with Crippen LogP contribution in [0.4, 0.5) is 0 Å². The van der Waals surface area contributed by atoms with Gasteiger partial charge in [-0.3, -0.25) is 4.90 Å². The number of benzene rings is 1. The van der Waals surface area contributed by atoms with Crippen LogP contribution in [0.15, 0.2) is 24.3 Å². The molecule has 16 heavy (non-hydrogen) atoms. The topological polar surface area (TPSA) is 23.5 Å². The molecule has 0 bridgehead atoms. The first kappa shape index (κ1) is 11.9. The Balaban J connectivity index is 1.84. The van der Waals surface area contributed by atoms with Crippen molar-refractivity contribution in [3.63, 3.8) is 0 Å². The summed E-state index contributed by atoms with van der Waals surface area (Å²) in [6.07, 6.45) is 2.23. The average molecular weight is 240 g/mol. The molecule has 3 heteroatoms. The van der Waals surface area contributed by atoms with Crippen LogP contribution in [0, 0.1) is 5.92 Å². The molecule has 0 atom stereocenters. The Kier molecular flexibility index (Phi) is 4.22. The van der Waals surface area contributed by atoms with E-state index >= 15 is 0 Å². The highest BCUT2D eigenvalue weighted by Gasteiger charge is 2.18. The molecule has 1 heterocycles. The predicted molar refractivity (Wildman–Crippen MR) is 66.5 cm³/mol. The number of rotatable bonds is 3. The van der Waals surface area contributed by atoms with Crippen LogP contribution in [-0.2, 0) is 6.54 Å². The number of hydrogen-bond donors (Lipinski definition) is 1. The molecule has 1 aromatic rings. The monoisotopic (exact) mass is 239 g/mol. The summed E-state index contributed by atoms with van der Waals surface area (Å²) in [5.74, 6) is 0.515. The van der Waals surface area contributed by atoms with Gasteiger partial charge in [-0.25, -0.2) is 0 Å². The molecule has 0 aromatic heterocycles. The van der Waals surface area contributed by atoms with Crippen LogP contribution < -0.4 is 0 Å². The lowest BCUT2D eigenvalue weighted by atomic mass is 9.97. The molecule has 88 valence electrons. The van der Waals surface area contributed by atoms with Crippen LogP contribution in [0.25, 0.3) is 0 Å². The predicted octanol–water partition coefficient (Wildman–Crippen LogP) is 2.54. The van der Waals surface area contributed by atoms with Crippen molar-refractivity contribution in [1.82, 2.24) is 4.90 Å². The van der Waals surface area contributed by atoms with Gasteiger partial charge < -0.3 is 5.11 Å². The highest BCUT2D eigenvalue weighted by molar-refractivity contribution is 6.30. The standard InChI is InChI=1S/C13H18ClNO/c14-13-3-1-11(2-4-13)9-15-7-5-12(10-16)6-8-15/h1-4,12,16H,5-10H2. The van der Waals surface area contributed by atoms with Crippen molar-refractivity contribution < 1.29 is 5.11 Å². The summed E-state index contributed by atoms with van der Waals surface area (Å²) in [5, 5.41) is 9.86. The van der Waals surface area contributed by atoms with E-state index < -0.39 is 0 Å². The second-order valence-electron chi connectivity index (χ2n) is 4.53. The molecule has 0 radical (unpaired) electrons. The van der Waals surface area contributed by atoms with Gasteiger partial charge in [-0.1, -0.05) is 23.7 Å². The largest absolute Gasteiger partial charge is 0.396 e. The summed E-state index contributed by atoms with van der Waals surface area (Å²) in [6.45, 7) is 3.52. The SMILES string of the molecule is OCC1CCN(Cc2ccc(Cl)cc2)CC1. The molecule has 1 aromatic carbocycles. The van der Waals surface area contributed by atoms with E-state index in [1.165, 1.54) is 5.56 Å². The third-order valence-corrected chi connectivity index (χ3v) is 3.54. The van der Waals surface area contributed by atoms with E-state index in [2.05, 4.69) is 17.0 Å². The minimum absolute atomic E-state index is 0.342. The zero-order valence-electron chi connectivity index (χ0n) is 9.40. The van der Waals surface area contributed by atoms with Gasteiger partial charge >= 0.3 is 0 Å². The Bertz CT molecular complexity index is 317. The Morgan fingerprint density at radius 2 is 1.81 bits per heavy atom. The van der Waals surface area contributed by atoms with Gasteiger partial charge in [-0.05, 0) is 49.5 Å². The van der Waals surface area contributed by atoms with Crippen LogP contribution in [0.5, 0.6) is 0 Å². The smallest absolute Gasteiger partial charge is 0.0460 e. The number of piperidine rings is 1. The van der Waals surface area contributed by atoms with E-state index in [9.17, 15) is 0 Å². The lowest BCUT2D eigenvalue weighted by Gasteiger charge is -2.31. The van der Waals surface area contributed by atoms with Gasteiger partial charge in [0, 0.05) is 18.2 Å². The quantitative estimate of drug-likeness (QED) is 0.877. The van der Waals surface area contributed by atoms with Crippen molar-refractivity contribution >= 4 is 11.6 Å². The second kappa shape index (κ2) is 5.67. The molecule has 1 saturated heterocycles. The Morgan fingerprint density at radius 3 is 2.38 bits per heavy atom. The fraction of sp³-hybridized carbons (Fsp3) is 0.538. The van der Waals surface area contributed by atoms with Gasteiger partial charge in [0.15, 0.2) is 0 Å². The summed E-state index contributed by atoms with van der Waals surface area (Å²) in [4.78, 5) is 2.44. The average Bonchev–Trinajstić information content (AvgIpc) is 2.33. The highest BCUT2D eigenvalue weighted by atomic mass is 35.5. The molecule has 1 fully saturated rings. The van der Waals surface area contributed by atoms with Crippen molar-refractivity contribution in [1.29, 1.82) is 0 Å². The molecule has 1 aliphatic rings.